The predicted molar refractivity (Wildman–Crippen MR) is 146 cm³/mol. The molecule has 3 aromatic rings. The lowest BCUT2D eigenvalue weighted by Crippen LogP contribution is -2.68. The van der Waals surface area contributed by atoms with Crippen molar-refractivity contribution in [3.05, 3.63) is 83.1 Å². The van der Waals surface area contributed by atoms with Gasteiger partial charge in [-0.2, -0.15) is 0 Å². The molecule has 2 aromatic carbocycles. The van der Waals surface area contributed by atoms with Crippen molar-refractivity contribution >= 4 is 35.4 Å². The van der Waals surface area contributed by atoms with Crippen LogP contribution in [-0.4, -0.2) is 85.4 Å². The molecule has 3 heterocycles. The zero-order valence-corrected chi connectivity index (χ0v) is 22.8. The van der Waals surface area contributed by atoms with E-state index in [1.165, 1.54) is 16.7 Å². The van der Waals surface area contributed by atoms with E-state index in [0.29, 0.717) is 23.2 Å². The molecule has 5 rings (SSSR count). The van der Waals surface area contributed by atoms with Crippen LogP contribution >= 0.6 is 23.5 Å². The Morgan fingerprint density at radius 3 is 2.45 bits per heavy atom. The average Bonchev–Trinajstić information content (AvgIpc) is 3.40. The number of esters is 1. The van der Waals surface area contributed by atoms with Gasteiger partial charge >= 0.3 is 5.97 Å². The number of rotatable bonds is 10. The monoisotopic (exact) mass is 551 g/mol. The van der Waals surface area contributed by atoms with Crippen LogP contribution in [0.3, 0.4) is 0 Å². The van der Waals surface area contributed by atoms with E-state index >= 15 is 0 Å². The first-order chi connectivity index (χ1) is 18.4. The molecule has 1 amide bonds. The highest BCUT2D eigenvalue weighted by Crippen LogP contribution is 2.42. The Bertz CT molecular complexity index is 1280. The third kappa shape index (κ3) is 5.48. The molecule has 0 aliphatic carbocycles. The van der Waals surface area contributed by atoms with Crippen LogP contribution in [0, 0.1) is 0 Å². The second-order valence-corrected chi connectivity index (χ2v) is 11.3. The van der Waals surface area contributed by atoms with Crippen LogP contribution in [0.1, 0.15) is 17.2 Å². The molecule has 1 saturated heterocycles. The van der Waals surface area contributed by atoms with Gasteiger partial charge in [-0.1, -0.05) is 72.4 Å². The molecular weight excluding hydrogens is 522 g/mol. The summed E-state index contributed by atoms with van der Waals surface area (Å²) in [7, 11) is 3.98. The topological polar surface area (TPSA) is 119 Å². The standard InChI is InChI=1S/C26H29N7O3S2/c1-31(2)13-14-32-26(28-29-30-32)38-16-19-15-37-24-20(27)23(34)33(24)21(19)25(35)36-22(17-9-5-3-6-10-17)18-11-7-4-8-12-18/h3-12,20,22,24H,13-16,27H2,1-2H3/t20?,24-/m0/s1. The van der Waals surface area contributed by atoms with Gasteiger partial charge in [0, 0.05) is 18.1 Å². The Hall–Kier alpha value is -3.19. The molecule has 1 aromatic heterocycles. The zero-order valence-electron chi connectivity index (χ0n) is 21.1. The van der Waals surface area contributed by atoms with Crippen molar-refractivity contribution in [3.8, 4) is 0 Å². The van der Waals surface area contributed by atoms with Crippen molar-refractivity contribution in [1.29, 1.82) is 0 Å². The van der Waals surface area contributed by atoms with Crippen LogP contribution in [-0.2, 0) is 20.9 Å². The van der Waals surface area contributed by atoms with E-state index in [2.05, 4.69) is 20.4 Å². The average molecular weight is 552 g/mol. The highest BCUT2D eigenvalue weighted by Gasteiger charge is 2.52. The minimum absolute atomic E-state index is 0.275. The number of nitrogens with two attached hydrogens (primary N) is 1. The second-order valence-electron chi connectivity index (χ2n) is 9.27. The van der Waals surface area contributed by atoms with Gasteiger partial charge in [0.1, 0.15) is 17.1 Å². The van der Waals surface area contributed by atoms with Crippen LogP contribution in [0.25, 0.3) is 0 Å². The summed E-state index contributed by atoms with van der Waals surface area (Å²) in [6.45, 7) is 1.43. The highest BCUT2D eigenvalue weighted by molar-refractivity contribution is 8.01. The molecule has 0 saturated carbocycles. The Balaban J connectivity index is 1.43. The summed E-state index contributed by atoms with van der Waals surface area (Å²) in [6.07, 6.45) is -0.622. The smallest absolute Gasteiger partial charge is 0.356 e. The van der Waals surface area contributed by atoms with Gasteiger partial charge in [-0.25, -0.2) is 9.48 Å². The normalized spacial score (nSPS) is 19.1. The molecule has 12 heteroatoms. The number of ether oxygens (including phenoxy) is 1. The summed E-state index contributed by atoms with van der Waals surface area (Å²) in [5.41, 5.74) is 8.83. The van der Waals surface area contributed by atoms with Gasteiger partial charge in [0.05, 0.1) is 6.54 Å². The van der Waals surface area contributed by atoms with Crippen molar-refractivity contribution in [2.24, 2.45) is 5.73 Å². The quantitative estimate of drug-likeness (QED) is 0.228. The Kier molecular flexibility index (Phi) is 8.12. The molecule has 2 N–H and O–H groups in total. The van der Waals surface area contributed by atoms with E-state index in [1.807, 2.05) is 74.8 Å². The van der Waals surface area contributed by atoms with Gasteiger partial charge in [-0.15, -0.1) is 16.9 Å². The van der Waals surface area contributed by atoms with Crippen molar-refractivity contribution in [3.63, 3.8) is 0 Å². The molecular formula is C26H29N7O3S2. The van der Waals surface area contributed by atoms with Gasteiger partial charge in [0.2, 0.25) is 11.1 Å². The molecule has 1 unspecified atom stereocenters. The lowest BCUT2D eigenvalue weighted by molar-refractivity contribution is -0.153. The number of tetrazole rings is 1. The Morgan fingerprint density at radius 2 is 1.82 bits per heavy atom. The third-order valence-corrected chi connectivity index (χ3v) is 8.75. The fourth-order valence-electron chi connectivity index (χ4n) is 4.31. The molecule has 2 aliphatic heterocycles. The Labute approximate surface area is 229 Å². The summed E-state index contributed by atoms with van der Waals surface area (Å²) in [4.78, 5) is 30.2. The summed E-state index contributed by atoms with van der Waals surface area (Å²) >= 11 is 2.99. The first kappa shape index (κ1) is 26.4. The van der Waals surface area contributed by atoms with Gasteiger partial charge in [-0.3, -0.25) is 9.69 Å². The van der Waals surface area contributed by atoms with E-state index in [1.54, 1.807) is 16.4 Å². The molecule has 0 radical (unpaired) electrons. The number of hydrogen-bond acceptors (Lipinski definition) is 10. The van der Waals surface area contributed by atoms with Crippen LogP contribution in [0.15, 0.2) is 77.1 Å². The number of hydrogen-bond donors (Lipinski definition) is 1. The van der Waals surface area contributed by atoms with Gasteiger partial charge in [0.15, 0.2) is 6.10 Å². The fourth-order valence-corrected chi connectivity index (χ4v) is 6.65. The molecule has 2 aliphatic rings. The summed E-state index contributed by atoms with van der Waals surface area (Å²) in [5, 5.41) is 12.4. The molecule has 1 fully saturated rings. The van der Waals surface area contributed by atoms with Crippen LogP contribution in [0.5, 0.6) is 0 Å². The zero-order chi connectivity index (χ0) is 26.6. The second kappa shape index (κ2) is 11.7. The number of fused-ring (bicyclic) bond motifs is 1. The van der Waals surface area contributed by atoms with E-state index < -0.39 is 18.1 Å². The van der Waals surface area contributed by atoms with Crippen LogP contribution in [0.2, 0.25) is 0 Å². The van der Waals surface area contributed by atoms with Crippen LogP contribution in [0.4, 0.5) is 0 Å². The maximum atomic E-state index is 13.8. The number of aromatic nitrogens is 4. The number of benzene rings is 2. The number of likely N-dealkylation sites (N-methyl/N-ethyl adjacent to an activating group) is 1. The van der Waals surface area contributed by atoms with E-state index in [-0.39, 0.29) is 17.0 Å². The maximum absolute atomic E-state index is 13.8. The number of nitrogens with zero attached hydrogens (tertiary/aromatic N) is 6. The minimum Gasteiger partial charge on any atom is -0.448 e. The van der Waals surface area contributed by atoms with Crippen molar-refractivity contribution < 1.29 is 14.3 Å². The van der Waals surface area contributed by atoms with E-state index in [4.69, 9.17) is 10.5 Å². The lowest BCUT2D eigenvalue weighted by atomic mass is 10.0. The van der Waals surface area contributed by atoms with Gasteiger partial charge in [-0.05, 0) is 41.2 Å². The van der Waals surface area contributed by atoms with Crippen molar-refractivity contribution in [2.45, 2.75) is 29.2 Å². The van der Waals surface area contributed by atoms with Gasteiger partial charge < -0.3 is 15.4 Å². The van der Waals surface area contributed by atoms with Gasteiger partial charge in [0.25, 0.3) is 0 Å². The molecule has 2 atom stereocenters. The van der Waals surface area contributed by atoms with Crippen molar-refractivity contribution in [1.82, 2.24) is 30.0 Å². The first-order valence-electron chi connectivity index (χ1n) is 12.2. The fraction of sp³-hybridized carbons (Fsp3) is 0.346. The molecule has 38 heavy (non-hydrogen) atoms. The van der Waals surface area contributed by atoms with E-state index in [9.17, 15) is 9.59 Å². The van der Waals surface area contributed by atoms with E-state index in [0.717, 1.165) is 23.2 Å². The molecule has 10 nitrogen and oxygen atoms in total. The summed E-state index contributed by atoms with van der Waals surface area (Å²) in [6, 6.07) is 18.5. The molecule has 0 spiro atoms. The number of thioether (sulfide) groups is 2. The summed E-state index contributed by atoms with van der Waals surface area (Å²) < 4.78 is 7.90. The highest BCUT2D eigenvalue weighted by atomic mass is 32.2. The minimum atomic E-state index is -0.630. The van der Waals surface area contributed by atoms with Crippen LogP contribution < -0.4 is 5.73 Å². The number of β-lactam (4-membered cyclic amide) rings is 1. The number of carbonyl (C=O) groups is 2. The van der Waals surface area contributed by atoms with Crippen molar-refractivity contribution in [2.75, 3.05) is 32.1 Å². The lowest BCUT2D eigenvalue weighted by Gasteiger charge is -2.48. The SMILES string of the molecule is CN(C)CCn1nnnc1SCC1=C(C(=O)OC(c2ccccc2)c2ccccc2)N2C(=O)C(N)[C@@H]2SC1. The maximum Gasteiger partial charge on any atom is 0.356 e. The largest absolute Gasteiger partial charge is 0.448 e. The summed E-state index contributed by atoms with van der Waals surface area (Å²) in [5.74, 6) is 0.173. The third-order valence-electron chi connectivity index (χ3n) is 6.34. The molecule has 198 valence electrons. The Morgan fingerprint density at radius 1 is 1.16 bits per heavy atom. The number of amides is 1. The number of carbonyl (C=O) groups excluding carboxylic acids is 2. The first-order valence-corrected chi connectivity index (χ1v) is 14.2. The predicted octanol–water partition coefficient (Wildman–Crippen LogP) is 2.16. The molecule has 0 bridgehead atoms.